The van der Waals surface area contributed by atoms with E-state index in [-0.39, 0.29) is 0 Å². The first-order chi connectivity index (χ1) is 4.44. The monoisotopic (exact) mass is 155 g/mol. The molecule has 0 aromatic rings. The maximum Gasteiger partial charge on any atom is 0.319 e. The number of hydrogen-bond donors (Lipinski definition) is 0. The highest BCUT2D eigenvalue weighted by molar-refractivity contribution is 5.68. The lowest BCUT2D eigenvalue weighted by atomic mass is 9.77. The molecule has 57 valence electrons. The molecule has 1 aliphatic carbocycles. The van der Waals surface area contributed by atoms with E-state index in [1.54, 1.807) is 0 Å². The molecule has 0 aromatic carbocycles. The van der Waals surface area contributed by atoms with Crippen molar-refractivity contribution in [3.8, 4) is 0 Å². The topological polar surface area (TPSA) is 17.1 Å². The van der Waals surface area contributed by atoms with Crippen molar-refractivity contribution in [2.24, 2.45) is 0 Å². The van der Waals surface area contributed by atoms with Gasteiger partial charge < -0.3 is 0 Å². The molecule has 5 heteroatoms. The molecule has 2 unspecified atom stereocenters. The molecule has 0 spiro atoms. The molecule has 1 radical (unpaired) electrons. The van der Waals surface area contributed by atoms with Gasteiger partial charge in [0.05, 0.1) is 0 Å². The maximum atomic E-state index is 12.2. The van der Waals surface area contributed by atoms with Crippen LogP contribution in [-0.4, -0.2) is 24.0 Å². The van der Waals surface area contributed by atoms with Gasteiger partial charge in [0, 0.05) is 6.42 Å². The van der Waals surface area contributed by atoms with E-state index in [1.807, 2.05) is 0 Å². The summed E-state index contributed by atoms with van der Waals surface area (Å²) in [4.78, 5) is 9.52. The standard InChI is InChI=1S/C5H3F4O/c6-3-1-4(7,2-10)5(3,8)9/h3H,1H2. The Morgan fingerprint density at radius 1 is 1.40 bits per heavy atom. The summed E-state index contributed by atoms with van der Waals surface area (Å²) in [5, 5.41) is 0. The van der Waals surface area contributed by atoms with Crippen molar-refractivity contribution in [1.82, 2.24) is 0 Å². The Hall–Kier alpha value is -0.610. The lowest BCUT2D eigenvalue weighted by Gasteiger charge is -2.40. The minimum atomic E-state index is -4.17. The van der Waals surface area contributed by atoms with Crippen molar-refractivity contribution in [2.45, 2.75) is 24.2 Å². The molecule has 2 atom stereocenters. The van der Waals surface area contributed by atoms with Gasteiger partial charge in [-0.15, -0.1) is 0 Å². The number of rotatable bonds is 1. The first-order valence-electron chi connectivity index (χ1n) is 2.54. The van der Waals surface area contributed by atoms with Crippen LogP contribution in [0.25, 0.3) is 0 Å². The van der Waals surface area contributed by atoms with Gasteiger partial charge in [0.25, 0.3) is 0 Å². The minimum Gasteiger partial charge on any atom is -0.287 e. The largest absolute Gasteiger partial charge is 0.319 e. The van der Waals surface area contributed by atoms with Crippen LogP contribution >= 0.6 is 0 Å². The Bertz CT molecular complexity index is 169. The normalized spacial score (nSPS) is 44.2. The van der Waals surface area contributed by atoms with Crippen LogP contribution < -0.4 is 0 Å². The second-order valence-corrected chi connectivity index (χ2v) is 2.20. The first-order valence-corrected chi connectivity index (χ1v) is 2.54. The van der Waals surface area contributed by atoms with Gasteiger partial charge >= 0.3 is 5.92 Å². The smallest absolute Gasteiger partial charge is 0.287 e. The third-order valence-electron chi connectivity index (χ3n) is 1.54. The van der Waals surface area contributed by atoms with E-state index >= 15 is 0 Å². The lowest BCUT2D eigenvalue weighted by molar-refractivity contribution is -0.227. The minimum absolute atomic E-state index is 0.492. The highest BCUT2D eigenvalue weighted by Gasteiger charge is 2.72. The van der Waals surface area contributed by atoms with Crippen LogP contribution in [0.4, 0.5) is 17.6 Å². The van der Waals surface area contributed by atoms with Gasteiger partial charge in [-0.2, -0.15) is 8.78 Å². The summed E-state index contributed by atoms with van der Waals surface area (Å²) in [7, 11) is 0. The summed E-state index contributed by atoms with van der Waals surface area (Å²) in [6, 6.07) is 0. The Balaban J connectivity index is 2.80. The molecule has 0 aliphatic heterocycles. The number of halogens is 4. The second-order valence-electron chi connectivity index (χ2n) is 2.20. The molecular formula is C5H3F4O. The van der Waals surface area contributed by atoms with E-state index in [1.165, 1.54) is 0 Å². The molecule has 10 heavy (non-hydrogen) atoms. The molecule has 1 rings (SSSR count). The molecule has 1 saturated carbocycles. The van der Waals surface area contributed by atoms with Crippen LogP contribution in [-0.2, 0) is 4.79 Å². The fraction of sp³-hybridized carbons (Fsp3) is 0.800. The van der Waals surface area contributed by atoms with Gasteiger partial charge in [0.15, 0.2) is 6.17 Å². The summed E-state index contributed by atoms with van der Waals surface area (Å²) >= 11 is 0. The van der Waals surface area contributed by atoms with Gasteiger partial charge in [-0.3, -0.25) is 4.79 Å². The zero-order valence-electron chi connectivity index (χ0n) is 4.70. The van der Waals surface area contributed by atoms with Crippen molar-refractivity contribution in [3.05, 3.63) is 0 Å². The SMILES string of the molecule is O=[C]C1(F)CC(F)C1(F)F. The molecule has 1 fully saturated rings. The predicted octanol–water partition coefficient (Wildman–Crippen LogP) is 1.18. The first kappa shape index (κ1) is 7.50. The molecule has 0 bridgehead atoms. The highest BCUT2D eigenvalue weighted by atomic mass is 19.3. The van der Waals surface area contributed by atoms with Crippen molar-refractivity contribution in [1.29, 1.82) is 0 Å². The summed E-state index contributed by atoms with van der Waals surface area (Å²) in [5.41, 5.74) is -3.38. The van der Waals surface area contributed by atoms with E-state index in [0.717, 1.165) is 0 Å². The van der Waals surface area contributed by atoms with Gasteiger partial charge in [0.1, 0.15) is 0 Å². The quantitative estimate of drug-likeness (QED) is 0.519. The van der Waals surface area contributed by atoms with E-state index in [9.17, 15) is 22.4 Å². The summed E-state index contributed by atoms with van der Waals surface area (Å²) in [6.45, 7) is 0. The fourth-order valence-electron chi connectivity index (χ4n) is 0.738. The van der Waals surface area contributed by atoms with E-state index in [2.05, 4.69) is 0 Å². The Morgan fingerprint density at radius 3 is 2.00 bits per heavy atom. The van der Waals surface area contributed by atoms with Crippen LogP contribution in [0.5, 0.6) is 0 Å². The maximum absolute atomic E-state index is 12.2. The van der Waals surface area contributed by atoms with Gasteiger partial charge in [-0.05, 0) is 0 Å². The van der Waals surface area contributed by atoms with Crippen LogP contribution in [0, 0.1) is 0 Å². The highest BCUT2D eigenvalue weighted by Crippen LogP contribution is 2.50. The molecule has 0 aromatic heterocycles. The average Bonchev–Trinajstić information content (AvgIpc) is 1.88. The lowest BCUT2D eigenvalue weighted by Crippen LogP contribution is -2.64. The van der Waals surface area contributed by atoms with E-state index < -0.39 is 24.2 Å². The Labute approximate surface area is 54.0 Å². The Kier molecular flexibility index (Phi) is 1.28. The molecular weight excluding hydrogens is 152 g/mol. The number of hydrogen-bond acceptors (Lipinski definition) is 1. The molecule has 1 nitrogen and oxygen atoms in total. The Morgan fingerprint density at radius 2 is 1.90 bits per heavy atom. The predicted molar refractivity (Wildman–Crippen MR) is 24.0 cm³/mol. The zero-order valence-corrected chi connectivity index (χ0v) is 4.70. The summed E-state index contributed by atoms with van der Waals surface area (Å²) < 4.78 is 48.0. The fourth-order valence-corrected chi connectivity index (χ4v) is 0.738. The van der Waals surface area contributed by atoms with Gasteiger partial charge in [-0.25, -0.2) is 8.78 Å². The van der Waals surface area contributed by atoms with Crippen molar-refractivity contribution in [2.75, 3.05) is 0 Å². The number of carbonyl (C=O) groups excluding carboxylic acids is 1. The van der Waals surface area contributed by atoms with E-state index in [0.29, 0.717) is 6.29 Å². The van der Waals surface area contributed by atoms with Crippen LogP contribution in [0.2, 0.25) is 0 Å². The van der Waals surface area contributed by atoms with Crippen LogP contribution in [0.15, 0.2) is 0 Å². The molecule has 1 aliphatic rings. The van der Waals surface area contributed by atoms with Gasteiger partial charge in [-0.1, -0.05) is 0 Å². The third kappa shape index (κ3) is 0.602. The molecule has 0 amide bonds. The van der Waals surface area contributed by atoms with Crippen molar-refractivity contribution < 1.29 is 22.4 Å². The van der Waals surface area contributed by atoms with E-state index in [4.69, 9.17) is 0 Å². The molecule has 0 N–H and O–H groups in total. The number of alkyl halides is 4. The summed E-state index contributed by atoms with van der Waals surface area (Å²) in [6.07, 6.45) is -3.13. The van der Waals surface area contributed by atoms with Crippen LogP contribution in [0.1, 0.15) is 6.42 Å². The third-order valence-corrected chi connectivity index (χ3v) is 1.54. The average molecular weight is 155 g/mol. The van der Waals surface area contributed by atoms with Crippen molar-refractivity contribution >= 4 is 6.29 Å². The van der Waals surface area contributed by atoms with Crippen molar-refractivity contribution in [3.63, 3.8) is 0 Å². The van der Waals surface area contributed by atoms with Crippen LogP contribution in [0.3, 0.4) is 0 Å². The van der Waals surface area contributed by atoms with Gasteiger partial charge in [0.2, 0.25) is 12.0 Å². The molecule has 0 saturated heterocycles. The zero-order chi connectivity index (χ0) is 7.99. The molecule has 0 heterocycles. The second kappa shape index (κ2) is 1.71. The summed E-state index contributed by atoms with van der Waals surface area (Å²) in [5.74, 6) is -4.17.